The van der Waals surface area contributed by atoms with Gasteiger partial charge in [0.2, 0.25) is 0 Å². The van der Waals surface area contributed by atoms with Gasteiger partial charge in [-0.2, -0.15) is 0 Å². The predicted octanol–water partition coefficient (Wildman–Crippen LogP) is 4.20. The summed E-state index contributed by atoms with van der Waals surface area (Å²) in [7, 11) is 0. The third-order valence-electron chi connectivity index (χ3n) is 5.09. The summed E-state index contributed by atoms with van der Waals surface area (Å²) in [4.78, 5) is 32.0. The van der Waals surface area contributed by atoms with E-state index in [-0.39, 0.29) is 28.6 Å². The summed E-state index contributed by atoms with van der Waals surface area (Å²) in [6.45, 7) is 0.891. The molecule has 6 nitrogen and oxygen atoms in total. The van der Waals surface area contributed by atoms with Gasteiger partial charge in [0.15, 0.2) is 5.13 Å². The van der Waals surface area contributed by atoms with Crippen molar-refractivity contribution in [1.29, 1.82) is 0 Å². The normalized spacial score (nSPS) is 16.7. The van der Waals surface area contributed by atoms with Crippen molar-refractivity contribution in [2.24, 2.45) is 0 Å². The summed E-state index contributed by atoms with van der Waals surface area (Å²) < 4.78 is 13.2. The maximum atomic E-state index is 13.2. The summed E-state index contributed by atoms with van der Waals surface area (Å²) in [5.74, 6) is -0.714. The number of anilines is 1. The maximum absolute atomic E-state index is 13.2. The first-order valence-corrected chi connectivity index (χ1v) is 10.5. The smallest absolute Gasteiger partial charge is 0.321 e. The summed E-state index contributed by atoms with van der Waals surface area (Å²) in [5, 5.41) is 6.42. The number of rotatable bonds is 3. The zero-order chi connectivity index (χ0) is 19.7. The second-order valence-corrected chi connectivity index (χ2v) is 8.56. The molecule has 0 saturated heterocycles. The molecule has 2 N–H and O–H groups in total. The lowest BCUT2D eigenvalue weighted by Crippen LogP contribution is -2.36. The van der Waals surface area contributed by atoms with E-state index in [4.69, 9.17) is 11.6 Å². The van der Waals surface area contributed by atoms with Crippen molar-refractivity contribution in [3.05, 3.63) is 45.2 Å². The number of fused-ring (bicyclic) bond motifs is 1. The minimum atomic E-state index is -0.475. The summed E-state index contributed by atoms with van der Waals surface area (Å²) in [6.07, 6.45) is 4.94. The molecule has 1 saturated carbocycles. The van der Waals surface area contributed by atoms with Crippen LogP contribution in [0.5, 0.6) is 0 Å². The van der Waals surface area contributed by atoms with Gasteiger partial charge in [-0.05, 0) is 31.0 Å². The fourth-order valence-electron chi connectivity index (χ4n) is 3.64. The molecule has 2 aromatic rings. The third-order valence-corrected chi connectivity index (χ3v) is 6.40. The van der Waals surface area contributed by atoms with E-state index in [0.29, 0.717) is 24.6 Å². The summed E-state index contributed by atoms with van der Waals surface area (Å²) in [5.41, 5.74) is 1.18. The minimum Gasteiger partial charge on any atom is -0.335 e. The van der Waals surface area contributed by atoms with Crippen LogP contribution in [0, 0.1) is 5.82 Å². The fourth-order valence-corrected chi connectivity index (χ4v) is 4.91. The second-order valence-electron chi connectivity index (χ2n) is 7.07. The van der Waals surface area contributed by atoms with Crippen LogP contribution < -0.4 is 10.6 Å². The number of halogens is 2. The van der Waals surface area contributed by atoms with Crippen LogP contribution in [0.2, 0.25) is 5.02 Å². The van der Waals surface area contributed by atoms with Crippen LogP contribution >= 0.6 is 22.9 Å². The quantitative estimate of drug-likeness (QED) is 0.778. The average Bonchev–Trinajstić information content (AvgIpc) is 3.29. The lowest BCUT2D eigenvalue weighted by Gasteiger charge is -2.26. The molecule has 1 fully saturated rings. The molecule has 28 heavy (non-hydrogen) atoms. The zero-order valence-electron chi connectivity index (χ0n) is 15.1. The first-order valence-electron chi connectivity index (χ1n) is 9.30. The number of aromatic nitrogens is 1. The molecular weight excluding hydrogens is 403 g/mol. The van der Waals surface area contributed by atoms with Crippen LogP contribution in [0.1, 0.15) is 46.6 Å². The molecular formula is C19H20ClFN4O2S. The number of nitrogens with one attached hydrogen (secondary N) is 2. The Morgan fingerprint density at radius 2 is 2.07 bits per heavy atom. The number of urea groups is 1. The lowest BCUT2D eigenvalue weighted by atomic mass is 10.1. The standard InChI is InChI=1S/C19H20ClFN4O2S/c20-14-9-11(21)5-6-13(14)17(26)25-8-7-15-16(10-25)28-19(23-15)24-18(27)22-12-3-1-2-4-12/h5-6,9,12H,1-4,7-8,10H2,(H2,22,23,24,27). The highest BCUT2D eigenvalue weighted by molar-refractivity contribution is 7.15. The average molecular weight is 423 g/mol. The molecule has 148 valence electrons. The lowest BCUT2D eigenvalue weighted by molar-refractivity contribution is 0.0736. The molecule has 4 rings (SSSR count). The molecule has 2 heterocycles. The third kappa shape index (κ3) is 4.12. The first-order chi connectivity index (χ1) is 13.5. The minimum absolute atomic E-state index is 0.103. The van der Waals surface area contributed by atoms with Crippen LogP contribution in [0.15, 0.2) is 18.2 Å². The van der Waals surface area contributed by atoms with Gasteiger partial charge < -0.3 is 10.2 Å². The Labute approximate surface area is 171 Å². The van der Waals surface area contributed by atoms with Gasteiger partial charge >= 0.3 is 6.03 Å². The second kappa shape index (κ2) is 8.05. The Kier molecular flexibility index (Phi) is 5.50. The van der Waals surface area contributed by atoms with E-state index >= 15 is 0 Å². The molecule has 3 amide bonds. The van der Waals surface area contributed by atoms with E-state index in [1.165, 1.54) is 23.5 Å². The van der Waals surface area contributed by atoms with Crippen molar-refractivity contribution in [2.75, 3.05) is 11.9 Å². The van der Waals surface area contributed by atoms with Gasteiger partial charge in [0.25, 0.3) is 5.91 Å². The molecule has 2 aliphatic rings. The number of thiazole rings is 1. The van der Waals surface area contributed by atoms with E-state index in [2.05, 4.69) is 15.6 Å². The molecule has 1 aliphatic heterocycles. The molecule has 0 bridgehead atoms. The highest BCUT2D eigenvalue weighted by Crippen LogP contribution is 2.30. The van der Waals surface area contributed by atoms with Crippen molar-refractivity contribution in [3.8, 4) is 0 Å². The van der Waals surface area contributed by atoms with Crippen LogP contribution in [-0.4, -0.2) is 34.4 Å². The Balaban J connectivity index is 1.41. The SMILES string of the molecule is O=C(Nc1nc2c(s1)CN(C(=O)c1ccc(F)cc1Cl)CC2)NC1CCCC1. The van der Waals surface area contributed by atoms with Gasteiger partial charge in [0, 0.05) is 23.9 Å². The molecule has 0 unspecified atom stereocenters. The number of benzene rings is 1. The number of amides is 3. The molecule has 9 heteroatoms. The highest BCUT2D eigenvalue weighted by Gasteiger charge is 2.27. The molecule has 0 radical (unpaired) electrons. The van der Waals surface area contributed by atoms with Gasteiger partial charge in [-0.3, -0.25) is 10.1 Å². The predicted molar refractivity (Wildman–Crippen MR) is 106 cm³/mol. The first kappa shape index (κ1) is 19.1. The van der Waals surface area contributed by atoms with Crippen LogP contribution in [0.25, 0.3) is 0 Å². The summed E-state index contributed by atoms with van der Waals surface area (Å²) >= 11 is 7.40. The largest absolute Gasteiger partial charge is 0.335 e. The van der Waals surface area contributed by atoms with Gasteiger partial charge in [-0.1, -0.05) is 35.8 Å². The monoisotopic (exact) mass is 422 g/mol. The Hall–Kier alpha value is -2.19. The van der Waals surface area contributed by atoms with Crippen molar-refractivity contribution >= 4 is 40.0 Å². The topological polar surface area (TPSA) is 74.3 Å². The van der Waals surface area contributed by atoms with Gasteiger partial charge in [0.05, 0.1) is 22.8 Å². The van der Waals surface area contributed by atoms with Gasteiger partial charge in [0.1, 0.15) is 5.82 Å². The maximum Gasteiger partial charge on any atom is 0.321 e. The van der Waals surface area contributed by atoms with Crippen molar-refractivity contribution < 1.29 is 14.0 Å². The molecule has 0 atom stereocenters. The van der Waals surface area contributed by atoms with Crippen molar-refractivity contribution in [1.82, 2.24) is 15.2 Å². The van der Waals surface area contributed by atoms with Gasteiger partial charge in [-0.25, -0.2) is 14.2 Å². The Morgan fingerprint density at radius 1 is 1.29 bits per heavy atom. The molecule has 1 aromatic heterocycles. The number of carbonyl (C=O) groups is 2. The van der Waals surface area contributed by atoms with E-state index in [1.807, 2.05) is 0 Å². The number of carbonyl (C=O) groups excluding carboxylic acids is 2. The Morgan fingerprint density at radius 3 is 2.82 bits per heavy atom. The molecule has 1 aliphatic carbocycles. The summed E-state index contributed by atoms with van der Waals surface area (Å²) in [6, 6.07) is 3.78. The van der Waals surface area contributed by atoms with E-state index in [9.17, 15) is 14.0 Å². The van der Waals surface area contributed by atoms with Crippen LogP contribution in [0.3, 0.4) is 0 Å². The molecule has 1 aromatic carbocycles. The number of hydrogen-bond acceptors (Lipinski definition) is 4. The van der Waals surface area contributed by atoms with Crippen molar-refractivity contribution in [2.45, 2.75) is 44.7 Å². The number of hydrogen-bond donors (Lipinski definition) is 2. The van der Waals surface area contributed by atoms with Crippen molar-refractivity contribution in [3.63, 3.8) is 0 Å². The molecule has 0 spiro atoms. The van der Waals surface area contributed by atoms with Gasteiger partial charge in [-0.15, -0.1) is 0 Å². The van der Waals surface area contributed by atoms with Crippen LogP contribution in [0.4, 0.5) is 14.3 Å². The Bertz CT molecular complexity index is 913. The number of nitrogens with zero attached hydrogens (tertiary/aromatic N) is 2. The van der Waals surface area contributed by atoms with E-state index in [1.54, 1.807) is 4.90 Å². The van der Waals surface area contributed by atoms with Crippen LogP contribution in [-0.2, 0) is 13.0 Å². The van der Waals surface area contributed by atoms with E-state index in [0.717, 1.165) is 42.3 Å². The highest BCUT2D eigenvalue weighted by atomic mass is 35.5. The zero-order valence-corrected chi connectivity index (χ0v) is 16.7. The fraction of sp³-hybridized carbons (Fsp3) is 0.421. The van der Waals surface area contributed by atoms with E-state index < -0.39 is 5.82 Å².